The lowest BCUT2D eigenvalue weighted by atomic mass is 10.6. The number of carbonyl (C=O) groups excluding carboxylic acids is 2. The Labute approximate surface area is 73.0 Å². The number of rotatable bonds is 0. The molecule has 68 valence electrons. The Bertz CT molecular complexity index is 313. The molecule has 1 aliphatic heterocycles. The number of nitrogens with one attached hydrogen (secondary N) is 2. The Morgan fingerprint density at radius 3 is 2.00 bits per heavy atom. The predicted octanol–water partition coefficient (Wildman–Crippen LogP) is -1.41. The van der Waals surface area contributed by atoms with Gasteiger partial charge < -0.3 is 5.73 Å². The summed E-state index contributed by atoms with van der Waals surface area (Å²) in [6.07, 6.45) is 3.91. The molecule has 2 amide bonds. The molecule has 0 unspecified atom stereocenters. The number of anilines is 1. The molecule has 7 heteroatoms. The molecule has 0 saturated carbocycles. The van der Waals surface area contributed by atoms with E-state index in [4.69, 9.17) is 5.73 Å². The van der Waals surface area contributed by atoms with Gasteiger partial charge in [-0.1, -0.05) is 5.21 Å². The molecule has 0 atom stereocenters. The van der Waals surface area contributed by atoms with Crippen molar-refractivity contribution in [2.75, 3.05) is 5.73 Å². The van der Waals surface area contributed by atoms with Gasteiger partial charge in [0.1, 0.15) is 0 Å². The van der Waals surface area contributed by atoms with Gasteiger partial charge in [-0.2, -0.15) is 0 Å². The van der Waals surface area contributed by atoms with Gasteiger partial charge in [0.25, 0.3) is 11.8 Å². The zero-order chi connectivity index (χ0) is 9.68. The van der Waals surface area contributed by atoms with Gasteiger partial charge in [-0.25, -0.2) is 0 Å². The van der Waals surface area contributed by atoms with Crippen molar-refractivity contribution in [2.24, 2.45) is 0 Å². The molecular weight excluding hydrogens is 174 g/mol. The number of nitrogen functional groups attached to an aromatic ring is 1. The highest BCUT2D eigenvalue weighted by Gasteiger charge is 2.06. The first-order chi connectivity index (χ1) is 6.18. The Balaban J connectivity index is 0.000000132. The summed E-state index contributed by atoms with van der Waals surface area (Å²) in [4.78, 5) is 20.1. The van der Waals surface area contributed by atoms with E-state index >= 15 is 0 Å². The molecule has 0 aliphatic carbocycles. The number of imide groups is 1. The number of nitrogens with zero attached hydrogens (tertiary/aromatic N) is 2. The number of amides is 2. The molecule has 1 aliphatic rings. The molecule has 0 saturated heterocycles. The molecule has 0 fully saturated rings. The smallest absolute Gasteiger partial charge is 0.250 e. The molecule has 0 aromatic carbocycles. The maximum atomic E-state index is 10.0. The number of aromatic amines is 1. The molecule has 2 rings (SSSR count). The number of hydrogen-bond donors (Lipinski definition) is 3. The first-order valence-corrected chi connectivity index (χ1v) is 3.33. The monoisotopic (exact) mass is 181 g/mol. The maximum Gasteiger partial charge on any atom is 0.250 e. The van der Waals surface area contributed by atoms with Gasteiger partial charge in [-0.05, 0) is 0 Å². The molecule has 13 heavy (non-hydrogen) atoms. The van der Waals surface area contributed by atoms with E-state index in [-0.39, 0.29) is 11.8 Å². The van der Waals surface area contributed by atoms with Gasteiger partial charge in [0.2, 0.25) is 0 Å². The average Bonchev–Trinajstić information content (AvgIpc) is 2.64. The highest BCUT2D eigenvalue weighted by molar-refractivity contribution is 6.12. The molecule has 1 aromatic heterocycles. The van der Waals surface area contributed by atoms with E-state index in [0.717, 1.165) is 0 Å². The highest BCUT2D eigenvalue weighted by atomic mass is 16.2. The van der Waals surface area contributed by atoms with Gasteiger partial charge in [0.15, 0.2) is 5.82 Å². The largest absolute Gasteiger partial charge is 0.381 e. The fourth-order valence-electron chi connectivity index (χ4n) is 0.567. The number of aromatic nitrogens is 3. The van der Waals surface area contributed by atoms with Crippen LogP contribution >= 0.6 is 0 Å². The van der Waals surface area contributed by atoms with E-state index in [1.165, 1.54) is 18.3 Å². The van der Waals surface area contributed by atoms with Crippen molar-refractivity contribution >= 4 is 17.6 Å². The second-order valence-corrected chi connectivity index (χ2v) is 2.09. The minimum Gasteiger partial charge on any atom is -0.381 e. The predicted molar refractivity (Wildman–Crippen MR) is 43.1 cm³/mol. The van der Waals surface area contributed by atoms with Crippen LogP contribution in [0.25, 0.3) is 0 Å². The van der Waals surface area contributed by atoms with E-state index in [0.29, 0.717) is 5.82 Å². The van der Waals surface area contributed by atoms with Crippen LogP contribution in [0.4, 0.5) is 5.82 Å². The second kappa shape index (κ2) is 4.00. The van der Waals surface area contributed by atoms with Crippen LogP contribution in [0.5, 0.6) is 0 Å². The molecule has 7 nitrogen and oxygen atoms in total. The van der Waals surface area contributed by atoms with Crippen LogP contribution in [-0.2, 0) is 9.59 Å². The minimum absolute atomic E-state index is 0.329. The lowest BCUT2D eigenvalue weighted by molar-refractivity contribution is -0.123. The van der Waals surface area contributed by atoms with Crippen LogP contribution in [0, 0.1) is 0 Å². The summed E-state index contributed by atoms with van der Waals surface area (Å²) in [6.45, 7) is 0. The van der Waals surface area contributed by atoms with Gasteiger partial charge in [0, 0.05) is 12.2 Å². The van der Waals surface area contributed by atoms with E-state index in [1.54, 1.807) is 0 Å². The molecule has 4 N–H and O–H groups in total. The number of carbonyl (C=O) groups is 2. The van der Waals surface area contributed by atoms with Crippen molar-refractivity contribution < 1.29 is 9.59 Å². The zero-order valence-electron chi connectivity index (χ0n) is 6.52. The first-order valence-electron chi connectivity index (χ1n) is 3.33. The molecular formula is C6H7N5O2. The second-order valence-electron chi connectivity index (χ2n) is 2.09. The number of hydrogen-bond acceptors (Lipinski definition) is 5. The molecule has 0 spiro atoms. The van der Waals surface area contributed by atoms with Crippen molar-refractivity contribution in [1.29, 1.82) is 0 Å². The normalized spacial score (nSPS) is 13.5. The van der Waals surface area contributed by atoms with Crippen LogP contribution in [0.3, 0.4) is 0 Å². The first kappa shape index (κ1) is 8.91. The Kier molecular flexibility index (Phi) is 2.74. The minimum atomic E-state index is -0.329. The third-order valence-electron chi connectivity index (χ3n) is 1.07. The van der Waals surface area contributed by atoms with Crippen LogP contribution in [-0.4, -0.2) is 27.2 Å². The number of nitrogens with two attached hydrogens (primary N) is 1. The summed E-state index contributed by atoms with van der Waals surface area (Å²) >= 11 is 0. The lowest BCUT2D eigenvalue weighted by Crippen LogP contribution is -2.19. The Morgan fingerprint density at radius 2 is 1.85 bits per heavy atom. The average molecular weight is 181 g/mol. The van der Waals surface area contributed by atoms with Crippen LogP contribution < -0.4 is 11.1 Å². The van der Waals surface area contributed by atoms with Gasteiger partial charge >= 0.3 is 0 Å². The van der Waals surface area contributed by atoms with Gasteiger partial charge in [0.05, 0.1) is 6.20 Å². The fourth-order valence-corrected chi connectivity index (χ4v) is 0.567. The van der Waals surface area contributed by atoms with Crippen molar-refractivity contribution in [3.8, 4) is 0 Å². The number of H-pyrrole nitrogens is 1. The van der Waals surface area contributed by atoms with Gasteiger partial charge in [-0.15, -0.1) is 5.10 Å². The highest BCUT2D eigenvalue weighted by Crippen LogP contribution is 1.82. The van der Waals surface area contributed by atoms with E-state index in [2.05, 4.69) is 15.4 Å². The topological polar surface area (TPSA) is 114 Å². The third kappa shape index (κ3) is 3.14. The summed E-state index contributed by atoms with van der Waals surface area (Å²) in [6, 6.07) is 0. The Hall–Kier alpha value is -2.18. The van der Waals surface area contributed by atoms with Crippen LogP contribution in [0.1, 0.15) is 0 Å². The summed E-state index contributed by atoms with van der Waals surface area (Å²) in [7, 11) is 0. The van der Waals surface area contributed by atoms with Crippen molar-refractivity contribution in [3.05, 3.63) is 18.3 Å². The van der Waals surface area contributed by atoms with Crippen LogP contribution in [0.2, 0.25) is 0 Å². The summed E-state index contributed by atoms with van der Waals surface area (Å²) in [5.41, 5.74) is 5.07. The quantitative estimate of drug-likeness (QED) is 0.425. The van der Waals surface area contributed by atoms with Crippen molar-refractivity contribution in [3.63, 3.8) is 0 Å². The van der Waals surface area contributed by atoms with E-state index < -0.39 is 0 Å². The zero-order valence-corrected chi connectivity index (χ0v) is 6.52. The van der Waals surface area contributed by atoms with Gasteiger partial charge in [-0.3, -0.25) is 20.0 Å². The molecule has 0 bridgehead atoms. The van der Waals surface area contributed by atoms with Crippen LogP contribution in [0.15, 0.2) is 18.3 Å². The Morgan fingerprint density at radius 1 is 1.23 bits per heavy atom. The lowest BCUT2D eigenvalue weighted by Gasteiger charge is -1.80. The standard InChI is InChI=1S/C4H3NO2.C2H4N4/c6-3-1-2-4(7)5-3;3-2-1-4-6-5-2/h1-2H,(H,5,6,7);1H,(H3,3,4,5,6). The fraction of sp³-hybridized carbons (Fsp3) is 0. The maximum absolute atomic E-state index is 10.0. The summed E-state index contributed by atoms with van der Waals surface area (Å²) < 4.78 is 0. The molecule has 0 radical (unpaired) electrons. The molecule has 2 heterocycles. The summed E-state index contributed by atoms with van der Waals surface area (Å²) in [5.74, 6) is -0.231. The van der Waals surface area contributed by atoms with Crippen molar-refractivity contribution in [2.45, 2.75) is 0 Å². The third-order valence-corrected chi connectivity index (χ3v) is 1.07. The van der Waals surface area contributed by atoms with E-state index in [1.807, 2.05) is 5.32 Å². The SMILES string of the molecule is Nc1c[nH]nn1.O=C1C=CC(=O)N1. The molecule has 1 aromatic rings. The van der Waals surface area contributed by atoms with E-state index in [9.17, 15) is 9.59 Å². The summed E-state index contributed by atoms with van der Waals surface area (Å²) in [5, 5.41) is 11.2. The van der Waals surface area contributed by atoms with Crippen molar-refractivity contribution in [1.82, 2.24) is 20.7 Å².